The van der Waals surface area contributed by atoms with Gasteiger partial charge < -0.3 is 5.11 Å². The third kappa shape index (κ3) is 1.92. The molecule has 0 unspecified atom stereocenters. The second-order valence-corrected chi connectivity index (χ2v) is 3.73. The van der Waals surface area contributed by atoms with E-state index in [1.807, 2.05) is 0 Å². The lowest BCUT2D eigenvalue weighted by Crippen LogP contribution is -2.36. The topological polar surface area (TPSA) is 77.1 Å². The molecule has 2 rings (SSSR count). The molecule has 0 saturated carbocycles. The fourth-order valence-electron chi connectivity index (χ4n) is 1.28. The molecule has 1 heterocycles. The summed E-state index contributed by atoms with van der Waals surface area (Å²) in [5.74, 6) is -0.186. The number of aromatic hydroxyl groups is 1. The normalized spacial score (nSPS) is 10.5. The van der Waals surface area contributed by atoms with Gasteiger partial charge in [-0.25, -0.2) is 14.2 Å². The molecule has 0 bridgehead atoms. The van der Waals surface area contributed by atoms with Crippen molar-refractivity contribution in [1.29, 1.82) is 0 Å². The Morgan fingerprint density at radius 2 is 1.88 bits per heavy atom. The molecule has 0 radical (unpaired) electrons. The van der Waals surface area contributed by atoms with Gasteiger partial charge in [0.2, 0.25) is 5.28 Å². The number of hydrogen-bond donors (Lipinski definition) is 1. The molecule has 0 aliphatic carbocycles. The monoisotopic (exact) mass is 273 g/mol. The number of benzene rings is 1. The Labute approximate surface area is 104 Å². The smallest absolute Gasteiger partial charge is 0.369 e. The van der Waals surface area contributed by atoms with Crippen molar-refractivity contribution < 1.29 is 5.11 Å². The van der Waals surface area contributed by atoms with Crippen LogP contribution in [0, 0.1) is 0 Å². The minimum Gasteiger partial charge on any atom is -0.506 e. The number of halogens is 2. The summed E-state index contributed by atoms with van der Waals surface area (Å²) in [6.45, 7) is 0. The average molecular weight is 274 g/mol. The first kappa shape index (κ1) is 11.7. The predicted octanol–water partition coefficient (Wildman–Crippen LogP) is 0.755. The van der Waals surface area contributed by atoms with Crippen LogP contribution in [-0.4, -0.2) is 18.7 Å². The summed E-state index contributed by atoms with van der Waals surface area (Å²) in [5.41, 5.74) is -1.80. The first-order valence-electron chi connectivity index (χ1n) is 4.38. The van der Waals surface area contributed by atoms with Crippen molar-refractivity contribution in [3.8, 4) is 11.4 Å². The van der Waals surface area contributed by atoms with Crippen LogP contribution in [0.25, 0.3) is 5.69 Å². The Morgan fingerprint density at radius 1 is 1.24 bits per heavy atom. The summed E-state index contributed by atoms with van der Waals surface area (Å²) in [6, 6.07) is 5.96. The zero-order valence-electron chi connectivity index (χ0n) is 8.17. The number of para-hydroxylation sites is 2. The third-order valence-corrected chi connectivity index (χ3v) is 2.56. The molecule has 0 saturated heterocycles. The van der Waals surface area contributed by atoms with E-state index in [2.05, 4.69) is 4.98 Å². The molecule has 6 nitrogen and oxygen atoms in total. The number of rotatable bonds is 1. The van der Waals surface area contributed by atoms with Crippen molar-refractivity contribution in [1.82, 2.24) is 13.6 Å². The van der Waals surface area contributed by atoms with Crippen LogP contribution < -0.4 is 11.4 Å². The summed E-state index contributed by atoms with van der Waals surface area (Å²) >= 11 is 11.1. The molecule has 88 valence electrons. The lowest BCUT2D eigenvalue weighted by molar-refractivity contribution is 0.471. The summed E-state index contributed by atoms with van der Waals surface area (Å²) in [5, 5.41) is 9.22. The molecule has 1 aromatic carbocycles. The van der Waals surface area contributed by atoms with Crippen LogP contribution in [0.1, 0.15) is 0 Å². The quantitative estimate of drug-likeness (QED) is 0.832. The maximum atomic E-state index is 11.7. The lowest BCUT2D eigenvalue weighted by Gasteiger charge is -2.08. The first-order valence-corrected chi connectivity index (χ1v) is 5.10. The van der Waals surface area contributed by atoms with Crippen molar-refractivity contribution >= 4 is 23.4 Å². The van der Waals surface area contributed by atoms with Gasteiger partial charge >= 0.3 is 11.4 Å². The first-order chi connectivity index (χ1) is 8.02. The van der Waals surface area contributed by atoms with Gasteiger partial charge in [0.1, 0.15) is 5.75 Å². The van der Waals surface area contributed by atoms with Gasteiger partial charge in [0.25, 0.3) is 0 Å². The Bertz CT molecular complexity index is 693. The van der Waals surface area contributed by atoms with Crippen LogP contribution in [0.2, 0.25) is 5.28 Å². The van der Waals surface area contributed by atoms with Crippen LogP contribution in [0.15, 0.2) is 33.9 Å². The van der Waals surface area contributed by atoms with Gasteiger partial charge in [0, 0.05) is 11.8 Å². The number of phenolic OH excluding ortho intramolecular Hbond substituents is 1. The average Bonchev–Trinajstić information content (AvgIpc) is 2.29. The highest BCUT2D eigenvalue weighted by Crippen LogP contribution is 2.20. The van der Waals surface area contributed by atoms with Crippen molar-refractivity contribution in [3.05, 3.63) is 50.5 Å². The molecule has 2 aromatic rings. The van der Waals surface area contributed by atoms with Crippen molar-refractivity contribution in [2.24, 2.45) is 0 Å². The van der Waals surface area contributed by atoms with Gasteiger partial charge in [0.15, 0.2) is 0 Å². The molecule has 0 aliphatic heterocycles. The van der Waals surface area contributed by atoms with E-state index in [4.69, 9.17) is 23.4 Å². The van der Waals surface area contributed by atoms with E-state index < -0.39 is 11.4 Å². The Balaban J connectivity index is 2.87. The van der Waals surface area contributed by atoms with Crippen LogP contribution in [-0.2, 0) is 0 Å². The van der Waals surface area contributed by atoms with Crippen LogP contribution in [0.5, 0.6) is 5.75 Å². The molecule has 0 atom stereocenters. The number of hydrogen-bond acceptors (Lipinski definition) is 4. The van der Waals surface area contributed by atoms with E-state index in [0.717, 1.165) is 4.57 Å². The van der Waals surface area contributed by atoms with Crippen LogP contribution in [0.3, 0.4) is 0 Å². The van der Waals surface area contributed by atoms with Gasteiger partial charge in [-0.2, -0.15) is 4.98 Å². The zero-order chi connectivity index (χ0) is 12.6. The summed E-state index contributed by atoms with van der Waals surface area (Å²) in [7, 11) is 0. The second-order valence-electron chi connectivity index (χ2n) is 3.05. The van der Waals surface area contributed by atoms with Gasteiger partial charge in [-0.3, -0.25) is 0 Å². The minimum absolute atomic E-state index is 0.0874. The van der Waals surface area contributed by atoms with Gasteiger partial charge in [0.05, 0.1) is 5.69 Å². The SMILES string of the molecule is O=c1nc(Cl)n(-c2ccccc2O)c(=O)n1Cl. The molecular formula is C9H5Cl2N3O3. The maximum Gasteiger partial charge on any atom is 0.369 e. The predicted molar refractivity (Wildman–Crippen MR) is 62.0 cm³/mol. The Morgan fingerprint density at radius 3 is 2.53 bits per heavy atom. The highest BCUT2D eigenvalue weighted by Gasteiger charge is 2.14. The molecule has 0 fully saturated rings. The molecule has 0 amide bonds. The van der Waals surface area contributed by atoms with Gasteiger partial charge in [-0.05, 0) is 23.7 Å². The van der Waals surface area contributed by atoms with E-state index in [9.17, 15) is 14.7 Å². The van der Waals surface area contributed by atoms with E-state index in [1.165, 1.54) is 12.1 Å². The van der Waals surface area contributed by atoms with Gasteiger partial charge in [-0.1, -0.05) is 12.1 Å². The van der Waals surface area contributed by atoms with E-state index in [1.54, 1.807) is 12.1 Å². The summed E-state index contributed by atoms with van der Waals surface area (Å²) < 4.78 is 1.10. The molecule has 0 spiro atoms. The lowest BCUT2D eigenvalue weighted by atomic mass is 10.3. The largest absolute Gasteiger partial charge is 0.506 e. The van der Waals surface area contributed by atoms with Crippen molar-refractivity contribution in [3.63, 3.8) is 0 Å². The molecular weight excluding hydrogens is 269 g/mol. The molecule has 17 heavy (non-hydrogen) atoms. The fourth-order valence-corrected chi connectivity index (χ4v) is 1.63. The molecule has 1 aromatic heterocycles. The molecule has 8 heteroatoms. The second kappa shape index (κ2) is 4.23. The molecule has 0 aliphatic rings. The van der Waals surface area contributed by atoms with E-state index in [-0.39, 0.29) is 20.8 Å². The maximum absolute atomic E-state index is 11.7. The molecule has 1 N–H and O–H groups in total. The summed E-state index contributed by atoms with van der Waals surface area (Å²) in [6.07, 6.45) is 0. The fraction of sp³-hybridized carbons (Fsp3) is 0. The highest BCUT2D eigenvalue weighted by molar-refractivity contribution is 6.28. The summed E-state index contributed by atoms with van der Waals surface area (Å²) in [4.78, 5) is 26.2. The Kier molecular flexibility index (Phi) is 2.91. The Hall–Kier alpha value is -1.79. The number of nitrogens with zero attached hydrogens (tertiary/aromatic N) is 3. The zero-order valence-corrected chi connectivity index (χ0v) is 9.68. The highest BCUT2D eigenvalue weighted by atomic mass is 35.5. The minimum atomic E-state index is -0.978. The standard InChI is InChI=1S/C9H5Cl2N3O3/c10-7-12-8(16)14(11)9(17)13(7)5-3-1-2-4-6(5)15/h1-4,15H. The van der Waals surface area contributed by atoms with Gasteiger partial charge in [-0.15, -0.1) is 4.09 Å². The van der Waals surface area contributed by atoms with E-state index in [0.29, 0.717) is 0 Å². The van der Waals surface area contributed by atoms with Crippen LogP contribution in [0.4, 0.5) is 0 Å². The number of aromatic nitrogens is 3. The number of phenols is 1. The van der Waals surface area contributed by atoms with Crippen molar-refractivity contribution in [2.45, 2.75) is 0 Å². The third-order valence-electron chi connectivity index (χ3n) is 2.02. The van der Waals surface area contributed by atoms with E-state index >= 15 is 0 Å². The van der Waals surface area contributed by atoms with Crippen molar-refractivity contribution in [2.75, 3.05) is 0 Å². The van der Waals surface area contributed by atoms with Crippen LogP contribution >= 0.6 is 23.4 Å².